The van der Waals surface area contributed by atoms with Crippen molar-refractivity contribution in [3.63, 3.8) is 0 Å². The maximum atomic E-state index is 13.9. The molecule has 1 N–H and O–H groups in total. The lowest BCUT2D eigenvalue weighted by molar-refractivity contribution is -0.139. The minimum Gasteiger partial charge on any atom is -0.497 e. The van der Waals surface area contributed by atoms with E-state index in [1.807, 2.05) is 31.2 Å². The fraction of sp³-hybridized carbons (Fsp3) is 0.310. The molecule has 0 aromatic heterocycles. The monoisotopic (exact) mass is 553 g/mol. The van der Waals surface area contributed by atoms with Crippen molar-refractivity contribution in [2.24, 2.45) is 0 Å². The molecule has 2 amide bonds. The van der Waals surface area contributed by atoms with Crippen LogP contribution in [0.2, 0.25) is 0 Å². The third-order valence-corrected chi connectivity index (χ3v) is 8.03. The Hall–Kier alpha value is -4.05. The molecule has 3 aromatic rings. The maximum absolute atomic E-state index is 13.9. The van der Waals surface area contributed by atoms with Gasteiger partial charge in [-0.1, -0.05) is 48.0 Å². The molecule has 3 aromatic carbocycles. The van der Waals surface area contributed by atoms with E-state index >= 15 is 0 Å². The van der Waals surface area contributed by atoms with E-state index in [-0.39, 0.29) is 28.8 Å². The second-order valence-electron chi connectivity index (χ2n) is 8.94. The molecule has 39 heavy (non-hydrogen) atoms. The smallest absolute Gasteiger partial charge is 0.264 e. The molecule has 0 fully saturated rings. The van der Waals surface area contributed by atoms with Gasteiger partial charge < -0.3 is 19.7 Å². The molecule has 9 nitrogen and oxygen atoms in total. The molecule has 0 spiro atoms. The molecule has 208 valence electrons. The molecule has 1 unspecified atom stereocenters. The molecule has 0 saturated heterocycles. The first-order chi connectivity index (χ1) is 18.6. The first-order valence-electron chi connectivity index (χ1n) is 12.5. The van der Waals surface area contributed by atoms with Crippen molar-refractivity contribution in [3.8, 4) is 11.5 Å². The van der Waals surface area contributed by atoms with Crippen molar-refractivity contribution in [2.45, 2.75) is 38.3 Å². The lowest BCUT2D eigenvalue weighted by Crippen LogP contribution is -2.51. The first-order valence-corrected chi connectivity index (χ1v) is 14.0. The molecule has 1 atom stereocenters. The van der Waals surface area contributed by atoms with Gasteiger partial charge in [-0.2, -0.15) is 0 Å². The van der Waals surface area contributed by atoms with Crippen LogP contribution < -0.4 is 19.1 Å². The van der Waals surface area contributed by atoms with Crippen LogP contribution in [-0.2, 0) is 26.2 Å². The summed E-state index contributed by atoms with van der Waals surface area (Å²) in [7, 11) is -1.34. The summed E-state index contributed by atoms with van der Waals surface area (Å²) in [4.78, 5) is 28.2. The average Bonchev–Trinajstić information content (AvgIpc) is 2.95. The number of amides is 2. The summed E-state index contributed by atoms with van der Waals surface area (Å²) < 4.78 is 39.7. The second kappa shape index (κ2) is 13.1. The number of anilines is 1. The van der Waals surface area contributed by atoms with E-state index in [0.29, 0.717) is 12.3 Å². The molecule has 0 aliphatic carbocycles. The highest BCUT2D eigenvalue weighted by atomic mass is 32.2. The van der Waals surface area contributed by atoms with E-state index in [2.05, 4.69) is 5.32 Å². The molecular weight excluding hydrogens is 518 g/mol. The highest BCUT2D eigenvalue weighted by Gasteiger charge is 2.34. The lowest BCUT2D eigenvalue weighted by atomic mass is 10.1. The van der Waals surface area contributed by atoms with Crippen molar-refractivity contribution in [1.29, 1.82) is 0 Å². The number of nitrogens with zero attached hydrogens (tertiary/aromatic N) is 2. The van der Waals surface area contributed by atoms with Crippen molar-refractivity contribution in [3.05, 3.63) is 83.9 Å². The molecule has 0 heterocycles. The van der Waals surface area contributed by atoms with E-state index in [1.165, 1.54) is 37.3 Å². The Morgan fingerprint density at radius 2 is 1.62 bits per heavy atom. The number of rotatable bonds is 12. The van der Waals surface area contributed by atoms with Crippen LogP contribution in [0.1, 0.15) is 25.0 Å². The van der Waals surface area contributed by atoms with Gasteiger partial charge in [-0.15, -0.1) is 0 Å². The van der Waals surface area contributed by atoms with Crippen LogP contribution >= 0.6 is 0 Å². The van der Waals surface area contributed by atoms with Crippen LogP contribution in [0.5, 0.6) is 11.5 Å². The van der Waals surface area contributed by atoms with Crippen LogP contribution in [0.15, 0.2) is 77.7 Å². The number of nitrogens with one attached hydrogen (secondary N) is 1. The molecule has 0 saturated carbocycles. The summed E-state index contributed by atoms with van der Waals surface area (Å²) in [5, 5.41) is 2.75. The number of methoxy groups -OCH3 is 2. The molecule has 3 rings (SSSR count). The zero-order valence-corrected chi connectivity index (χ0v) is 23.7. The second-order valence-corrected chi connectivity index (χ2v) is 10.8. The van der Waals surface area contributed by atoms with Gasteiger partial charge in [-0.3, -0.25) is 13.9 Å². The van der Waals surface area contributed by atoms with Crippen LogP contribution in [-0.4, -0.2) is 58.5 Å². The van der Waals surface area contributed by atoms with E-state index < -0.39 is 28.5 Å². The number of aryl methyl sites for hydroxylation is 1. The minimum atomic E-state index is -4.23. The Kier molecular flexibility index (Phi) is 9.95. The highest BCUT2D eigenvalue weighted by molar-refractivity contribution is 7.92. The molecular formula is C29H35N3O6S. The van der Waals surface area contributed by atoms with Gasteiger partial charge in [0.2, 0.25) is 11.8 Å². The number of benzene rings is 3. The Labute approximate surface area is 230 Å². The molecule has 0 aliphatic rings. The van der Waals surface area contributed by atoms with Crippen molar-refractivity contribution < 1.29 is 27.5 Å². The van der Waals surface area contributed by atoms with Gasteiger partial charge >= 0.3 is 0 Å². The summed E-state index contributed by atoms with van der Waals surface area (Å²) in [6.07, 6.45) is 0. The Balaban J connectivity index is 2.10. The Bertz CT molecular complexity index is 1380. The first kappa shape index (κ1) is 29.5. The molecule has 10 heteroatoms. The summed E-state index contributed by atoms with van der Waals surface area (Å²) in [6, 6.07) is 19.3. The summed E-state index contributed by atoms with van der Waals surface area (Å²) in [5.74, 6) is -0.267. The minimum absolute atomic E-state index is 0.00420. The zero-order valence-electron chi connectivity index (χ0n) is 22.9. The third-order valence-electron chi connectivity index (χ3n) is 6.26. The van der Waals surface area contributed by atoms with E-state index in [9.17, 15) is 18.0 Å². The van der Waals surface area contributed by atoms with Crippen LogP contribution in [0.4, 0.5) is 5.69 Å². The molecule has 0 radical (unpaired) electrons. The van der Waals surface area contributed by atoms with Crippen LogP contribution in [0, 0.1) is 6.92 Å². The number of hydrogen-bond donors (Lipinski definition) is 1. The van der Waals surface area contributed by atoms with Gasteiger partial charge in [0.05, 0.1) is 24.8 Å². The van der Waals surface area contributed by atoms with Crippen LogP contribution in [0.25, 0.3) is 0 Å². The van der Waals surface area contributed by atoms with E-state index in [4.69, 9.17) is 9.47 Å². The van der Waals surface area contributed by atoms with Crippen molar-refractivity contribution >= 4 is 27.5 Å². The van der Waals surface area contributed by atoms with Gasteiger partial charge in [0.15, 0.2) is 0 Å². The van der Waals surface area contributed by atoms with Gasteiger partial charge in [0, 0.05) is 19.2 Å². The normalized spacial score (nSPS) is 11.8. The fourth-order valence-corrected chi connectivity index (χ4v) is 5.46. The fourth-order valence-electron chi connectivity index (χ4n) is 4.02. The third kappa shape index (κ3) is 7.08. The standard InChI is InChI=1S/C29H35N3O6S/c1-6-30-29(34)22(3)31(19-23-14-12-21(2)13-15-23)28(33)20-32(39(35,36)25-10-8-7-9-11-25)26-18-24(37-4)16-17-27(26)38-5/h7-18,22H,6,19-20H2,1-5H3,(H,30,34). The largest absolute Gasteiger partial charge is 0.497 e. The molecule has 0 aliphatic heterocycles. The van der Waals surface area contributed by atoms with Crippen LogP contribution in [0.3, 0.4) is 0 Å². The Morgan fingerprint density at radius 3 is 2.21 bits per heavy atom. The highest BCUT2D eigenvalue weighted by Crippen LogP contribution is 2.36. The number of carbonyl (C=O) groups excluding carboxylic acids is 2. The number of sulfonamides is 1. The quantitative estimate of drug-likeness (QED) is 0.366. The van der Waals surface area contributed by atoms with Gasteiger partial charge in [0.1, 0.15) is 24.1 Å². The molecule has 0 bridgehead atoms. The van der Waals surface area contributed by atoms with Gasteiger partial charge in [-0.25, -0.2) is 8.42 Å². The summed E-state index contributed by atoms with van der Waals surface area (Å²) >= 11 is 0. The SMILES string of the molecule is CCNC(=O)C(C)N(Cc1ccc(C)cc1)C(=O)CN(c1cc(OC)ccc1OC)S(=O)(=O)c1ccccc1. The lowest BCUT2D eigenvalue weighted by Gasteiger charge is -2.32. The van der Waals surface area contributed by atoms with Gasteiger partial charge in [-0.05, 0) is 50.6 Å². The topological polar surface area (TPSA) is 105 Å². The zero-order chi connectivity index (χ0) is 28.6. The number of hydrogen-bond acceptors (Lipinski definition) is 6. The summed E-state index contributed by atoms with van der Waals surface area (Å²) in [5.41, 5.74) is 2.00. The van der Waals surface area contributed by atoms with Crippen molar-refractivity contribution in [1.82, 2.24) is 10.2 Å². The predicted molar refractivity (Wildman–Crippen MR) is 150 cm³/mol. The predicted octanol–water partition coefficient (Wildman–Crippen LogP) is 3.76. The maximum Gasteiger partial charge on any atom is 0.264 e. The van der Waals surface area contributed by atoms with Crippen molar-refractivity contribution in [2.75, 3.05) is 31.6 Å². The number of ether oxygens (including phenoxy) is 2. The van der Waals surface area contributed by atoms with Gasteiger partial charge in [0.25, 0.3) is 10.0 Å². The Morgan fingerprint density at radius 1 is 0.949 bits per heavy atom. The number of carbonyl (C=O) groups is 2. The number of likely N-dealkylation sites (N-methyl/N-ethyl adjacent to an activating group) is 1. The summed E-state index contributed by atoms with van der Waals surface area (Å²) in [6.45, 7) is 5.31. The average molecular weight is 554 g/mol. The van der Waals surface area contributed by atoms with E-state index in [1.54, 1.807) is 44.2 Å². The van der Waals surface area contributed by atoms with E-state index in [0.717, 1.165) is 15.4 Å².